The minimum Gasteiger partial charge on any atom is -0.508 e. The van der Waals surface area contributed by atoms with Crippen LogP contribution in [0, 0.1) is 12.7 Å². The van der Waals surface area contributed by atoms with Gasteiger partial charge in [0.25, 0.3) is 0 Å². The Balaban J connectivity index is 1.80. The number of nitrogens with two attached hydrogens (primary N) is 1. The van der Waals surface area contributed by atoms with Gasteiger partial charge in [0.1, 0.15) is 11.6 Å². The molecule has 0 aliphatic rings. The van der Waals surface area contributed by atoms with Gasteiger partial charge in [0, 0.05) is 23.0 Å². The zero-order valence-electron chi connectivity index (χ0n) is 17.4. The first-order valence-electron chi connectivity index (χ1n) is 9.98. The summed E-state index contributed by atoms with van der Waals surface area (Å²) in [7, 11) is 0. The first-order chi connectivity index (χ1) is 14.8. The Hall–Kier alpha value is -3.86. The van der Waals surface area contributed by atoms with Crippen LogP contribution in [0.1, 0.15) is 23.6 Å². The second-order valence-electron chi connectivity index (χ2n) is 7.70. The number of carbonyl (C=O) groups excluding carboxylic acids is 1. The first-order valence-corrected chi connectivity index (χ1v) is 9.98. The van der Waals surface area contributed by atoms with Crippen LogP contribution in [0.5, 0.6) is 5.75 Å². The van der Waals surface area contributed by atoms with Crippen LogP contribution in [0.4, 0.5) is 4.39 Å². The van der Waals surface area contributed by atoms with Gasteiger partial charge in [-0.1, -0.05) is 24.3 Å². The Morgan fingerprint density at radius 1 is 1.06 bits per heavy atom. The van der Waals surface area contributed by atoms with E-state index >= 15 is 0 Å². The predicted octanol–water partition coefficient (Wildman–Crippen LogP) is 5.40. The molecule has 0 radical (unpaired) electrons. The van der Waals surface area contributed by atoms with Crippen molar-refractivity contribution in [2.75, 3.05) is 0 Å². The summed E-state index contributed by atoms with van der Waals surface area (Å²) in [6.07, 6.45) is 1.76. The fourth-order valence-corrected chi connectivity index (χ4v) is 3.88. The quantitative estimate of drug-likeness (QED) is 0.430. The molecule has 0 aliphatic heterocycles. The molecule has 5 heteroatoms. The van der Waals surface area contributed by atoms with Crippen molar-refractivity contribution in [3.05, 3.63) is 94.8 Å². The molecular weight excluding hydrogens is 391 g/mol. The van der Waals surface area contributed by atoms with Gasteiger partial charge in [0.15, 0.2) is 0 Å². The minimum absolute atomic E-state index is 0.208. The van der Waals surface area contributed by atoms with E-state index < -0.39 is 5.91 Å². The zero-order valence-corrected chi connectivity index (χ0v) is 17.4. The molecule has 3 aromatic carbocycles. The van der Waals surface area contributed by atoms with Crippen LogP contribution in [-0.2, 0) is 11.3 Å². The molecule has 0 fully saturated rings. The topological polar surface area (TPSA) is 68.2 Å². The number of benzene rings is 3. The molecule has 1 heterocycles. The van der Waals surface area contributed by atoms with Gasteiger partial charge in [-0.2, -0.15) is 0 Å². The van der Waals surface area contributed by atoms with E-state index in [1.165, 1.54) is 12.1 Å². The molecule has 4 nitrogen and oxygen atoms in total. The lowest BCUT2D eigenvalue weighted by molar-refractivity contribution is -0.114. The third-order valence-corrected chi connectivity index (χ3v) is 5.51. The number of primary amides is 1. The zero-order chi connectivity index (χ0) is 22.1. The molecule has 31 heavy (non-hydrogen) atoms. The number of nitrogens with zero attached hydrogens (tertiary/aromatic N) is 1. The Morgan fingerprint density at radius 3 is 2.39 bits per heavy atom. The van der Waals surface area contributed by atoms with Crippen molar-refractivity contribution >= 4 is 22.9 Å². The van der Waals surface area contributed by atoms with Crippen LogP contribution < -0.4 is 5.73 Å². The number of aromatic hydroxyl groups is 1. The maximum absolute atomic E-state index is 13.5. The van der Waals surface area contributed by atoms with Crippen LogP contribution in [0.2, 0.25) is 0 Å². The number of phenols is 1. The molecule has 1 amide bonds. The van der Waals surface area contributed by atoms with Gasteiger partial charge < -0.3 is 15.4 Å². The Morgan fingerprint density at radius 2 is 1.74 bits per heavy atom. The fraction of sp³-hybridized carbons (Fsp3) is 0.115. The van der Waals surface area contributed by atoms with Crippen LogP contribution in [0.3, 0.4) is 0 Å². The van der Waals surface area contributed by atoms with Crippen molar-refractivity contribution in [1.82, 2.24) is 4.57 Å². The van der Waals surface area contributed by atoms with Crippen molar-refractivity contribution < 1.29 is 14.3 Å². The van der Waals surface area contributed by atoms with E-state index in [-0.39, 0.29) is 11.6 Å². The van der Waals surface area contributed by atoms with Crippen LogP contribution >= 0.6 is 0 Å². The van der Waals surface area contributed by atoms with E-state index in [0.717, 1.165) is 38.9 Å². The monoisotopic (exact) mass is 414 g/mol. The minimum atomic E-state index is -0.439. The number of fused-ring (bicyclic) bond motifs is 1. The summed E-state index contributed by atoms with van der Waals surface area (Å²) in [4.78, 5) is 11.3. The molecule has 156 valence electrons. The summed E-state index contributed by atoms with van der Waals surface area (Å²) in [5.41, 5.74) is 11.7. The standard InChI is InChI=1S/C26H23FN2O2/c1-16(26(28)31)13-18-3-5-19(6-4-18)15-29-24-12-11-22(30)14-23(24)17(2)25(29)20-7-9-21(27)10-8-20/h3-14,30H,15H2,1-2H3,(H2,28,31). The first kappa shape index (κ1) is 20.4. The Bertz CT molecular complexity index is 1300. The SMILES string of the molecule is CC(=Cc1ccc(Cn2c(-c3ccc(F)cc3)c(C)c3cc(O)ccc32)cc1)C(N)=O. The largest absolute Gasteiger partial charge is 0.508 e. The maximum Gasteiger partial charge on any atom is 0.244 e. The molecule has 3 N–H and O–H groups in total. The van der Waals surface area contributed by atoms with Crippen molar-refractivity contribution in [2.45, 2.75) is 20.4 Å². The van der Waals surface area contributed by atoms with Gasteiger partial charge >= 0.3 is 0 Å². The lowest BCUT2D eigenvalue weighted by atomic mass is 10.1. The van der Waals surface area contributed by atoms with Crippen molar-refractivity contribution in [3.8, 4) is 17.0 Å². The third-order valence-electron chi connectivity index (χ3n) is 5.51. The van der Waals surface area contributed by atoms with Gasteiger partial charge in [-0.05, 0) is 84.6 Å². The van der Waals surface area contributed by atoms with E-state index in [1.54, 1.807) is 37.3 Å². The second kappa shape index (κ2) is 8.11. The smallest absolute Gasteiger partial charge is 0.244 e. The lowest BCUT2D eigenvalue weighted by Crippen LogP contribution is -2.11. The molecule has 4 aromatic rings. The predicted molar refractivity (Wildman–Crippen MR) is 122 cm³/mol. The molecule has 0 unspecified atom stereocenters. The van der Waals surface area contributed by atoms with Gasteiger partial charge in [0.2, 0.25) is 5.91 Å². The average molecular weight is 414 g/mol. The summed E-state index contributed by atoms with van der Waals surface area (Å²) in [6.45, 7) is 4.30. The average Bonchev–Trinajstić information content (AvgIpc) is 3.01. The highest BCUT2D eigenvalue weighted by Crippen LogP contribution is 2.35. The fourth-order valence-electron chi connectivity index (χ4n) is 3.88. The number of aromatic nitrogens is 1. The van der Waals surface area contributed by atoms with E-state index in [4.69, 9.17) is 5.73 Å². The number of halogens is 1. The van der Waals surface area contributed by atoms with Gasteiger partial charge in [-0.3, -0.25) is 4.79 Å². The van der Waals surface area contributed by atoms with Crippen molar-refractivity contribution in [3.63, 3.8) is 0 Å². The van der Waals surface area contributed by atoms with E-state index in [1.807, 2.05) is 37.3 Å². The number of hydrogen-bond donors (Lipinski definition) is 2. The van der Waals surface area contributed by atoms with E-state index in [0.29, 0.717) is 12.1 Å². The van der Waals surface area contributed by atoms with E-state index in [9.17, 15) is 14.3 Å². The van der Waals surface area contributed by atoms with Crippen molar-refractivity contribution in [2.24, 2.45) is 5.73 Å². The van der Waals surface area contributed by atoms with E-state index in [2.05, 4.69) is 4.57 Å². The summed E-state index contributed by atoms with van der Waals surface area (Å²) in [5, 5.41) is 11.0. The Labute approximate surface area is 180 Å². The number of hydrogen-bond acceptors (Lipinski definition) is 2. The number of amides is 1. The Kier molecular flexibility index (Phi) is 5.34. The molecule has 0 bridgehead atoms. The van der Waals surface area contributed by atoms with Crippen LogP contribution in [0.25, 0.3) is 28.2 Å². The summed E-state index contributed by atoms with van der Waals surface area (Å²) in [5.74, 6) is -0.512. The molecule has 0 saturated carbocycles. The number of carbonyl (C=O) groups is 1. The van der Waals surface area contributed by atoms with Gasteiger partial charge in [-0.25, -0.2) is 4.39 Å². The van der Waals surface area contributed by atoms with Crippen LogP contribution in [0.15, 0.2) is 72.3 Å². The molecule has 0 atom stereocenters. The molecular formula is C26H23FN2O2. The number of phenolic OH excluding ortho intramolecular Hbond substituents is 1. The highest BCUT2D eigenvalue weighted by molar-refractivity contribution is 5.96. The van der Waals surface area contributed by atoms with Gasteiger partial charge in [0.05, 0.1) is 5.69 Å². The molecule has 1 aromatic heterocycles. The second-order valence-corrected chi connectivity index (χ2v) is 7.70. The summed E-state index contributed by atoms with van der Waals surface area (Å²) in [6, 6.07) is 19.7. The number of rotatable bonds is 5. The highest BCUT2D eigenvalue weighted by atomic mass is 19.1. The summed E-state index contributed by atoms with van der Waals surface area (Å²) < 4.78 is 15.7. The molecule has 4 rings (SSSR count). The number of aryl methyl sites for hydroxylation is 1. The molecule has 0 spiro atoms. The maximum atomic E-state index is 13.5. The molecule has 0 saturated heterocycles. The van der Waals surface area contributed by atoms with Gasteiger partial charge in [-0.15, -0.1) is 0 Å². The summed E-state index contributed by atoms with van der Waals surface area (Å²) >= 11 is 0. The van der Waals surface area contributed by atoms with Crippen molar-refractivity contribution in [1.29, 1.82) is 0 Å². The normalized spacial score (nSPS) is 11.8. The third kappa shape index (κ3) is 4.08. The lowest BCUT2D eigenvalue weighted by Gasteiger charge is -2.13. The van der Waals surface area contributed by atoms with Crippen LogP contribution in [-0.4, -0.2) is 15.6 Å². The molecule has 0 aliphatic carbocycles. The highest BCUT2D eigenvalue weighted by Gasteiger charge is 2.17.